The minimum atomic E-state index is -4.90. The molecule has 2 aromatic rings. The number of aromatic nitrogens is 1. The molecule has 1 aromatic heterocycles. The summed E-state index contributed by atoms with van der Waals surface area (Å²) in [6.45, 7) is 1.18. The van der Waals surface area contributed by atoms with Gasteiger partial charge in [-0.25, -0.2) is 13.8 Å². The lowest BCUT2D eigenvalue weighted by atomic mass is 10.0. The van der Waals surface area contributed by atoms with E-state index in [4.69, 9.17) is 0 Å². The number of carbonyl (C=O) groups excluding carboxylic acids is 1. The van der Waals surface area contributed by atoms with Gasteiger partial charge < -0.3 is 15.4 Å². The lowest BCUT2D eigenvalue weighted by Crippen LogP contribution is -2.37. The molecule has 2 heterocycles. The molecule has 10 heteroatoms. The number of nitrogens with one attached hydrogen (secondary N) is 2. The quantitative estimate of drug-likeness (QED) is 0.705. The van der Waals surface area contributed by atoms with Gasteiger partial charge in [-0.3, -0.25) is 4.79 Å². The van der Waals surface area contributed by atoms with Gasteiger partial charge in [0.05, 0.1) is 6.54 Å². The number of rotatable bonds is 5. The molecule has 1 aromatic carbocycles. The van der Waals surface area contributed by atoms with Crippen LogP contribution in [-0.4, -0.2) is 42.3 Å². The number of ether oxygens (including phenoxy) is 1. The number of alkyl halides is 5. The Hall–Kier alpha value is -2.49. The summed E-state index contributed by atoms with van der Waals surface area (Å²) in [7, 11) is 0. The average molecular weight is 429 g/mol. The van der Waals surface area contributed by atoms with Crippen LogP contribution < -0.4 is 15.4 Å². The monoisotopic (exact) mass is 429 g/mol. The maximum atomic E-state index is 13.2. The van der Waals surface area contributed by atoms with Gasteiger partial charge in [0.25, 0.3) is 11.8 Å². The number of benzene rings is 1. The molecule has 0 radical (unpaired) electrons. The normalized spacial score (nSPS) is 21.1. The summed E-state index contributed by atoms with van der Waals surface area (Å²) in [6, 6.07) is 4.00. The number of aryl methyl sites for hydroxylation is 1. The molecule has 5 nitrogen and oxygen atoms in total. The summed E-state index contributed by atoms with van der Waals surface area (Å²) in [5.74, 6) is -3.72. The van der Waals surface area contributed by atoms with Crippen molar-refractivity contribution in [1.82, 2.24) is 15.6 Å². The average Bonchev–Trinajstić information content (AvgIpc) is 3.42. The summed E-state index contributed by atoms with van der Waals surface area (Å²) in [6.07, 6.45) is -3.50. The second kappa shape index (κ2) is 7.33. The number of halogens is 5. The summed E-state index contributed by atoms with van der Waals surface area (Å²) < 4.78 is 69.5. The molecule has 4 rings (SSSR count). The predicted octanol–water partition coefficient (Wildman–Crippen LogP) is 4.05. The lowest BCUT2D eigenvalue weighted by Gasteiger charge is -2.16. The summed E-state index contributed by atoms with van der Waals surface area (Å²) >= 11 is 0. The highest BCUT2D eigenvalue weighted by Crippen LogP contribution is 2.44. The number of amides is 1. The molecule has 1 saturated heterocycles. The highest BCUT2D eigenvalue weighted by atomic mass is 19.4. The van der Waals surface area contributed by atoms with Crippen molar-refractivity contribution in [3.05, 3.63) is 35.0 Å². The van der Waals surface area contributed by atoms with Crippen LogP contribution in [0.4, 0.5) is 22.0 Å². The van der Waals surface area contributed by atoms with Crippen LogP contribution >= 0.6 is 0 Å². The summed E-state index contributed by atoms with van der Waals surface area (Å²) in [5, 5.41) is 5.62. The van der Waals surface area contributed by atoms with Crippen LogP contribution in [-0.2, 0) is 0 Å². The molecule has 162 valence electrons. The largest absolute Gasteiger partial charge is 0.573 e. The Balaban J connectivity index is 1.62. The molecule has 0 bridgehead atoms. The van der Waals surface area contributed by atoms with E-state index in [0.29, 0.717) is 10.9 Å². The Morgan fingerprint density at radius 1 is 1.30 bits per heavy atom. The Kier molecular flexibility index (Phi) is 5.08. The van der Waals surface area contributed by atoms with Crippen LogP contribution in [0.25, 0.3) is 10.9 Å². The third-order valence-corrected chi connectivity index (χ3v) is 5.32. The zero-order valence-corrected chi connectivity index (χ0v) is 16.1. The van der Waals surface area contributed by atoms with E-state index in [2.05, 4.69) is 20.4 Å². The van der Waals surface area contributed by atoms with Gasteiger partial charge in [-0.2, -0.15) is 0 Å². The molecule has 0 spiro atoms. The first-order valence-electron chi connectivity index (χ1n) is 9.61. The zero-order valence-electron chi connectivity index (χ0n) is 16.1. The van der Waals surface area contributed by atoms with Gasteiger partial charge in [0.2, 0.25) is 0 Å². The van der Waals surface area contributed by atoms with Crippen molar-refractivity contribution in [2.24, 2.45) is 0 Å². The van der Waals surface area contributed by atoms with Crippen LogP contribution in [0.2, 0.25) is 0 Å². The third kappa shape index (κ3) is 4.63. The maximum Gasteiger partial charge on any atom is 0.573 e. The molecule has 1 aliphatic carbocycles. The van der Waals surface area contributed by atoms with E-state index in [0.717, 1.165) is 18.4 Å². The maximum absolute atomic E-state index is 13.2. The first-order valence-corrected chi connectivity index (χ1v) is 9.61. The fraction of sp³-hybridized carbons (Fsp3) is 0.500. The van der Waals surface area contributed by atoms with E-state index in [1.165, 1.54) is 12.1 Å². The fourth-order valence-electron chi connectivity index (χ4n) is 3.70. The minimum Gasteiger partial charge on any atom is -0.403 e. The van der Waals surface area contributed by atoms with Gasteiger partial charge in [-0.15, -0.1) is 13.2 Å². The molecule has 2 aliphatic rings. The number of carbonyl (C=O) groups is 1. The number of hydrogen-bond acceptors (Lipinski definition) is 4. The lowest BCUT2D eigenvalue weighted by molar-refractivity contribution is -0.274. The van der Waals surface area contributed by atoms with Crippen molar-refractivity contribution in [1.29, 1.82) is 0 Å². The van der Waals surface area contributed by atoms with E-state index in [1.54, 1.807) is 13.0 Å². The zero-order chi connectivity index (χ0) is 21.7. The van der Waals surface area contributed by atoms with Gasteiger partial charge >= 0.3 is 6.36 Å². The first kappa shape index (κ1) is 20.8. The molecule has 1 aliphatic heterocycles. The number of pyridine rings is 1. The van der Waals surface area contributed by atoms with Gasteiger partial charge in [-0.1, -0.05) is 0 Å². The van der Waals surface area contributed by atoms with E-state index >= 15 is 0 Å². The van der Waals surface area contributed by atoms with Crippen molar-refractivity contribution < 1.29 is 31.5 Å². The number of hydrogen-bond donors (Lipinski definition) is 2. The molecule has 30 heavy (non-hydrogen) atoms. The summed E-state index contributed by atoms with van der Waals surface area (Å²) in [4.78, 5) is 16.6. The van der Waals surface area contributed by atoms with Crippen LogP contribution in [0.5, 0.6) is 5.75 Å². The van der Waals surface area contributed by atoms with Crippen LogP contribution in [0.15, 0.2) is 18.2 Å². The van der Waals surface area contributed by atoms with Crippen molar-refractivity contribution in [3.8, 4) is 5.75 Å². The first-order chi connectivity index (χ1) is 14.0. The second-order valence-corrected chi connectivity index (χ2v) is 7.91. The number of nitrogens with zero attached hydrogens (tertiary/aromatic N) is 1. The van der Waals surface area contributed by atoms with Gasteiger partial charge in [0, 0.05) is 24.4 Å². The van der Waals surface area contributed by atoms with E-state index in [1.807, 2.05) is 0 Å². The SMILES string of the molecule is Cc1cc(C(=O)NCC2CC(F)(F)CN2)nc2c(OC(F)(F)F)cc(C3CC3)cc12. The molecular formula is C20H20F5N3O2. The van der Waals surface area contributed by atoms with Crippen LogP contribution in [0, 0.1) is 6.92 Å². The topological polar surface area (TPSA) is 63.2 Å². The molecular weight excluding hydrogens is 409 g/mol. The minimum absolute atomic E-state index is 0.0420. The van der Waals surface area contributed by atoms with Crippen molar-refractivity contribution in [3.63, 3.8) is 0 Å². The van der Waals surface area contributed by atoms with Crippen LogP contribution in [0.1, 0.15) is 46.8 Å². The van der Waals surface area contributed by atoms with E-state index < -0.39 is 42.9 Å². The highest BCUT2D eigenvalue weighted by Gasteiger charge is 2.39. The van der Waals surface area contributed by atoms with E-state index in [-0.39, 0.29) is 23.7 Å². The molecule has 2 N–H and O–H groups in total. The van der Waals surface area contributed by atoms with E-state index in [9.17, 15) is 26.7 Å². The van der Waals surface area contributed by atoms with Gasteiger partial charge in [0.1, 0.15) is 11.2 Å². The predicted molar refractivity (Wildman–Crippen MR) is 98.8 cm³/mol. The molecule has 1 atom stereocenters. The van der Waals surface area contributed by atoms with Gasteiger partial charge in [-0.05, 0) is 55.0 Å². The molecule has 1 unspecified atom stereocenters. The Morgan fingerprint density at radius 2 is 2.03 bits per heavy atom. The molecule has 1 saturated carbocycles. The molecule has 1 amide bonds. The van der Waals surface area contributed by atoms with Crippen molar-refractivity contribution in [2.75, 3.05) is 13.1 Å². The fourth-order valence-corrected chi connectivity index (χ4v) is 3.70. The van der Waals surface area contributed by atoms with Crippen LogP contribution in [0.3, 0.4) is 0 Å². The van der Waals surface area contributed by atoms with Crippen molar-refractivity contribution in [2.45, 2.75) is 50.4 Å². The van der Waals surface area contributed by atoms with Gasteiger partial charge in [0.15, 0.2) is 5.75 Å². The Bertz CT molecular complexity index is 989. The highest BCUT2D eigenvalue weighted by molar-refractivity contribution is 5.97. The smallest absolute Gasteiger partial charge is 0.403 e. The Morgan fingerprint density at radius 3 is 2.63 bits per heavy atom. The Labute approximate surface area is 169 Å². The standard InChI is InChI=1S/C20H20F5N3O2/c1-10-4-15(18(29)26-8-13-7-19(21,22)9-27-13)28-17-14(10)5-12(11-2-3-11)6-16(17)30-20(23,24)25/h4-6,11,13,27H,2-3,7-9H2,1H3,(H,26,29). The third-order valence-electron chi connectivity index (χ3n) is 5.32. The summed E-state index contributed by atoms with van der Waals surface area (Å²) in [5.41, 5.74) is 1.16. The van der Waals surface area contributed by atoms with Crippen molar-refractivity contribution >= 4 is 16.8 Å². The number of fused-ring (bicyclic) bond motifs is 1. The molecule has 2 fully saturated rings. The second-order valence-electron chi connectivity index (χ2n) is 7.91.